The predicted molar refractivity (Wildman–Crippen MR) is 83.8 cm³/mol. The molecule has 1 aliphatic rings. The van der Waals surface area contributed by atoms with Crippen LogP contribution in [0.2, 0.25) is 0 Å². The van der Waals surface area contributed by atoms with Crippen molar-refractivity contribution in [1.82, 2.24) is 15.1 Å². The number of hydrogen-bond acceptors (Lipinski definition) is 6. The molecule has 0 aliphatic carbocycles. The number of hydrogen-bond donors (Lipinski definition) is 2. The number of H-pyrrole nitrogens is 1. The lowest BCUT2D eigenvalue weighted by Crippen LogP contribution is -2.27. The average molecular weight is 335 g/mol. The zero-order chi connectivity index (χ0) is 16.4. The van der Waals surface area contributed by atoms with Crippen molar-refractivity contribution in [1.29, 1.82) is 0 Å². The van der Waals surface area contributed by atoms with Crippen LogP contribution in [0.25, 0.3) is 0 Å². The molecule has 0 spiro atoms. The molecule has 0 bridgehead atoms. The van der Waals surface area contributed by atoms with Crippen molar-refractivity contribution >= 4 is 23.2 Å². The summed E-state index contributed by atoms with van der Waals surface area (Å²) in [5, 5.41) is 17.7. The second kappa shape index (κ2) is 6.41. The minimum atomic E-state index is -0.399. The van der Waals surface area contributed by atoms with Gasteiger partial charge in [-0.2, -0.15) is 5.10 Å². The van der Waals surface area contributed by atoms with Gasteiger partial charge in [0.2, 0.25) is 0 Å². The Kier molecular flexibility index (Phi) is 4.33. The van der Waals surface area contributed by atoms with Crippen LogP contribution < -0.4 is 0 Å². The molecule has 7 nitrogen and oxygen atoms in total. The molecular weight excluding hydrogens is 318 g/mol. The van der Waals surface area contributed by atoms with Crippen molar-refractivity contribution in [3.8, 4) is 5.75 Å². The number of aromatic hydroxyl groups is 1. The summed E-state index contributed by atoms with van der Waals surface area (Å²) in [6, 6.07) is 1.47. The molecule has 1 fully saturated rings. The van der Waals surface area contributed by atoms with Gasteiger partial charge in [0.1, 0.15) is 11.3 Å². The summed E-state index contributed by atoms with van der Waals surface area (Å²) in [7, 11) is 0. The van der Waals surface area contributed by atoms with E-state index in [0.29, 0.717) is 35.8 Å². The number of likely N-dealkylation sites (tertiary alicyclic amines) is 1. The zero-order valence-corrected chi connectivity index (χ0v) is 13.4. The summed E-state index contributed by atoms with van der Waals surface area (Å²) in [6.07, 6.45) is 2.22. The lowest BCUT2D eigenvalue weighted by atomic mass is 10.0. The number of amides is 1. The molecule has 1 unspecified atom stereocenters. The molecule has 23 heavy (non-hydrogen) atoms. The number of carbonyl (C=O) groups excluding carboxylic acids is 2. The van der Waals surface area contributed by atoms with Gasteiger partial charge in [-0.15, -0.1) is 11.3 Å². The fourth-order valence-electron chi connectivity index (χ4n) is 2.75. The molecule has 1 saturated heterocycles. The van der Waals surface area contributed by atoms with Gasteiger partial charge in [0.15, 0.2) is 0 Å². The number of esters is 1. The second-order valence-corrected chi connectivity index (χ2v) is 6.23. The Balaban J connectivity index is 1.72. The number of aromatic nitrogens is 2. The maximum Gasteiger partial charge on any atom is 0.341 e. The molecule has 1 amide bonds. The van der Waals surface area contributed by atoms with Crippen LogP contribution in [0.5, 0.6) is 5.75 Å². The van der Waals surface area contributed by atoms with Crippen LogP contribution in [0, 0.1) is 0 Å². The topological polar surface area (TPSA) is 95.5 Å². The second-order valence-electron chi connectivity index (χ2n) is 5.32. The molecule has 1 aliphatic heterocycles. The first-order valence-corrected chi connectivity index (χ1v) is 8.25. The molecule has 0 aromatic carbocycles. The van der Waals surface area contributed by atoms with E-state index in [1.165, 1.54) is 29.0 Å². The lowest BCUT2D eigenvalue weighted by molar-refractivity contribution is 0.0524. The number of nitrogens with zero attached hydrogens (tertiary/aromatic N) is 2. The standard InChI is InChI=1S/C15H17N3O4S/c1-2-22-15(21)11-6-16-17-13(11)9-3-4-18(7-9)14(20)12-5-10(19)8-23-12/h5-6,8-9,19H,2-4,7H2,1H3,(H,16,17). The van der Waals surface area contributed by atoms with Crippen molar-refractivity contribution in [2.75, 3.05) is 19.7 Å². The Morgan fingerprint density at radius 3 is 3.09 bits per heavy atom. The molecule has 1 atom stereocenters. The van der Waals surface area contributed by atoms with E-state index in [-0.39, 0.29) is 17.6 Å². The predicted octanol–water partition coefficient (Wildman–Crippen LogP) is 1.98. The van der Waals surface area contributed by atoms with Crippen molar-refractivity contribution < 1.29 is 19.4 Å². The highest BCUT2D eigenvalue weighted by Gasteiger charge is 2.32. The zero-order valence-electron chi connectivity index (χ0n) is 12.6. The van der Waals surface area contributed by atoms with E-state index in [1.807, 2.05) is 0 Å². The average Bonchev–Trinajstić information content (AvgIpc) is 3.26. The molecule has 3 rings (SSSR count). The lowest BCUT2D eigenvalue weighted by Gasteiger charge is -2.15. The normalized spacial score (nSPS) is 17.4. The number of carbonyl (C=O) groups is 2. The van der Waals surface area contributed by atoms with Crippen LogP contribution in [0.15, 0.2) is 17.6 Å². The van der Waals surface area contributed by atoms with E-state index in [9.17, 15) is 14.7 Å². The molecule has 2 aromatic rings. The molecule has 2 N–H and O–H groups in total. The van der Waals surface area contributed by atoms with Gasteiger partial charge in [-0.25, -0.2) is 4.79 Å². The highest BCUT2D eigenvalue weighted by Crippen LogP contribution is 2.30. The van der Waals surface area contributed by atoms with Gasteiger partial charge < -0.3 is 14.7 Å². The van der Waals surface area contributed by atoms with Gasteiger partial charge >= 0.3 is 5.97 Å². The Morgan fingerprint density at radius 2 is 2.39 bits per heavy atom. The fourth-order valence-corrected chi connectivity index (χ4v) is 3.49. The van der Waals surface area contributed by atoms with Crippen LogP contribution in [0.4, 0.5) is 0 Å². The number of rotatable bonds is 4. The Bertz CT molecular complexity index is 724. The van der Waals surface area contributed by atoms with Crippen LogP contribution in [-0.4, -0.2) is 51.8 Å². The van der Waals surface area contributed by atoms with Gasteiger partial charge in [0, 0.05) is 30.5 Å². The highest BCUT2D eigenvalue weighted by atomic mass is 32.1. The van der Waals surface area contributed by atoms with Gasteiger partial charge in [-0.3, -0.25) is 9.89 Å². The third kappa shape index (κ3) is 3.07. The molecule has 8 heteroatoms. The van der Waals surface area contributed by atoms with Crippen molar-refractivity contribution in [2.24, 2.45) is 0 Å². The smallest absolute Gasteiger partial charge is 0.341 e. The first-order valence-electron chi connectivity index (χ1n) is 7.37. The van der Waals surface area contributed by atoms with Crippen LogP contribution in [-0.2, 0) is 4.74 Å². The Morgan fingerprint density at radius 1 is 1.57 bits per heavy atom. The summed E-state index contributed by atoms with van der Waals surface area (Å²) in [6.45, 7) is 3.17. The number of thiophene rings is 1. The van der Waals surface area contributed by atoms with E-state index in [0.717, 1.165) is 6.42 Å². The SMILES string of the molecule is CCOC(=O)c1cn[nH]c1C1CCN(C(=O)c2cc(O)cs2)C1. The van der Waals surface area contributed by atoms with E-state index >= 15 is 0 Å². The van der Waals surface area contributed by atoms with Gasteiger partial charge in [0.05, 0.1) is 23.4 Å². The Labute approximate surface area is 136 Å². The summed E-state index contributed by atoms with van der Waals surface area (Å²) >= 11 is 1.22. The first kappa shape index (κ1) is 15.5. The maximum absolute atomic E-state index is 12.4. The molecule has 2 aromatic heterocycles. The van der Waals surface area contributed by atoms with Crippen molar-refractivity contribution in [3.05, 3.63) is 33.8 Å². The van der Waals surface area contributed by atoms with Crippen LogP contribution >= 0.6 is 11.3 Å². The molecular formula is C15H17N3O4S. The van der Waals surface area contributed by atoms with Gasteiger partial charge in [-0.1, -0.05) is 0 Å². The van der Waals surface area contributed by atoms with E-state index in [1.54, 1.807) is 11.8 Å². The van der Waals surface area contributed by atoms with Crippen molar-refractivity contribution in [2.45, 2.75) is 19.3 Å². The van der Waals surface area contributed by atoms with Gasteiger partial charge in [-0.05, 0) is 13.3 Å². The number of aromatic amines is 1. The molecule has 3 heterocycles. The fraction of sp³-hybridized carbons (Fsp3) is 0.400. The third-order valence-electron chi connectivity index (χ3n) is 3.84. The van der Waals surface area contributed by atoms with E-state index in [2.05, 4.69) is 10.2 Å². The van der Waals surface area contributed by atoms with E-state index in [4.69, 9.17) is 4.74 Å². The molecule has 0 radical (unpaired) electrons. The largest absolute Gasteiger partial charge is 0.507 e. The van der Waals surface area contributed by atoms with Crippen LogP contribution in [0.3, 0.4) is 0 Å². The molecule has 0 saturated carbocycles. The van der Waals surface area contributed by atoms with Gasteiger partial charge in [0.25, 0.3) is 5.91 Å². The Hall–Kier alpha value is -2.35. The molecule has 122 valence electrons. The summed E-state index contributed by atoms with van der Waals surface area (Å²) in [5.41, 5.74) is 1.15. The minimum absolute atomic E-state index is 0.0226. The number of nitrogens with one attached hydrogen (secondary N) is 1. The van der Waals surface area contributed by atoms with Crippen molar-refractivity contribution in [3.63, 3.8) is 0 Å². The highest BCUT2D eigenvalue weighted by molar-refractivity contribution is 7.12. The summed E-state index contributed by atoms with van der Waals surface area (Å²) < 4.78 is 5.03. The maximum atomic E-state index is 12.4. The quantitative estimate of drug-likeness (QED) is 0.833. The monoisotopic (exact) mass is 335 g/mol. The first-order chi connectivity index (χ1) is 11.1. The summed E-state index contributed by atoms with van der Waals surface area (Å²) in [4.78, 5) is 26.6. The minimum Gasteiger partial charge on any atom is -0.507 e. The van der Waals surface area contributed by atoms with Crippen LogP contribution in [0.1, 0.15) is 45.0 Å². The third-order valence-corrected chi connectivity index (χ3v) is 4.75. The number of ether oxygens (including phenoxy) is 1. The summed E-state index contributed by atoms with van der Waals surface area (Å²) in [5.74, 6) is -0.374. The van der Waals surface area contributed by atoms with E-state index < -0.39 is 5.97 Å².